The predicted molar refractivity (Wildman–Crippen MR) is 184 cm³/mol. The average molecular weight is 694 g/mol. The van der Waals surface area contributed by atoms with Crippen LogP contribution in [-0.4, -0.2) is 49.9 Å². The fourth-order valence-corrected chi connectivity index (χ4v) is 5.78. The van der Waals surface area contributed by atoms with Crippen LogP contribution in [0.2, 0.25) is 10.0 Å². The van der Waals surface area contributed by atoms with Gasteiger partial charge < -0.3 is 34.7 Å². The summed E-state index contributed by atoms with van der Waals surface area (Å²) in [5, 5.41) is 23.0. The van der Waals surface area contributed by atoms with Crippen LogP contribution < -0.4 is 30.3 Å². The molecule has 5 rings (SSSR count). The molecule has 0 unspecified atom stereocenters. The molecule has 13 heteroatoms. The number of nitrogens with zero attached hydrogens (tertiary/aromatic N) is 1. The molecule has 4 aromatic rings. The lowest BCUT2D eigenvalue weighted by Crippen LogP contribution is -2.45. The highest BCUT2D eigenvalue weighted by molar-refractivity contribution is 6.36. The van der Waals surface area contributed by atoms with Crippen molar-refractivity contribution in [2.24, 2.45) is 5.10 Å². The smallest absolute Gasteiger partial charge is 0.337 e. The quantitative estimate of drug-likeness (QED) is 0.0559. The summed E-state index contributed by atoms with van der Waals surface area (Å²) in [6, 6.07) is 21.0. The Hall–Kier alpha value is -4.97. The zero-order chi connectivity index (χ0) is 34.2. The number of fused-ring (bicyclic) bond motifs is 1. The van der Waals surface area contributed by atoms with Gasteiger partial charge in [0.05, 0.1) is 36.6 Å². The minimum absolute atomic E-state index is 0.200. The Balaban J connectivity index is 1.25. The second-order valence-corrected chi connectivity index (χ2v) is 11.5. The molecule has 0 radical (unpaired) electrons. The van der Waals surface area contributed by atoms with Crippen molar-refractivity contribution in [2.45, 2.75) is 32.7 Å². The number of halogens is 2. The van der Waals surface area contributed by atoms with E-state index in [9.17, 15) is 14.7 Å². The second-order valence-electron chi connectivity index (χ2n) is 10.6. The van der Waals surface area contributed by atoms with Crippen LogP contribution in [-0.2, 0) is 16.1 Å². The van der Waals surface area contributed by atoms with Gasteiger partial charge in [-0.05, 0) is 60.0 Å². The van der Waals surface area contributed by atoms with E-state index in [1.807, 2.05) is 42.5 Å². The number of benzene rings is 4. The van der Waals surface area contributed by atoms with Crippen molar-refractivity contribution < 1.29 is 33.6 Å². The molecule has 1 heterocycles. The van der Waals surface area contributed by atoms with Crippen LogP contribution in [0.4, 0.5) is 4.79 Å². The highest BCUT2D eigenvalue weighted by Gasteiger charge is 2.32. The largest absolute Gasteiger partial charge is 0.490 e. The molecule has 0 spiro atoms. The minimum Gasteiger partial charge on any atom is -0.490 e. The first kappa shape index (κ1) is 34.4. The van der Waals surface area contributed by atoms with Crippen LogP contribution in [0, 0.1) is 0 Å². The van der Waals surface area contributed by atoms with Gasteiger partial charge in [-0.1, -0.05) is 71.7 Å². The van der Waals surface area contributed by atoms with E-state index >= 15 is 0 Å². The van der Waals surface area contributed by atoms with Gasteiger partial charge in [-0.15, -0.1) is 0 Å². The number of carbonyl (C=O) groups is 2. The standard InChI is InChI=1S/C35H34Cl2N4O7/c1-4-46-29-15-22(32-31(34(43)45-3)20(2)39-35(44)40-32)12-13-28(29)47-19-30(42)41-38-17-24-14-25(36)16-27(37)33(24)48-18-23-10-7-9-21-8-5-6-11-26(21)23/h5-17,30,32,41-42H,4,18-19H2,1-3H3,(H2,39,40,44)/b38-17+/t30-,32+/m0/s1. The first-order chi connectivity index (χ1) is 23.2. The molecule has 0 saturated carbocycles. The highest BCUT2D eigenvalue weighted by atomic mass is 35.5. The molecule has 4 N–H and O–H groups in total. The number of hydrogen-bond acceptors (Lipinski definition) is 9. The third-order valence-electron chi connectivity index (χ3n) is 7.39. The van der Waals surface area contributed by atoms with E-state index in [4.69, 9.17) is 42.1 Å². The Morgan fingerprint density at radius 1 is 1.04 bits per heavy atom. The molecular formula is C35H34Cl2N4O7. The van der Waals surface area contributed by atoms with Gasteiger partial charge in [0, 0.05) is 16.3 Å². The van der Waals surface area contributed by atoms with Crippen LogP contribution in [0.5, 0.6) is 17.2 Å². The fraction of sp³-hybridized carbons (Fsp3) is 0.229. The predicted octanol–water partition coefficient (Wildman–Crippen LogP) is 6.25. The third kappa shape index (κ3) is 8.11. The van der Waals surface area contributed by atoms with Crippen molar-refractivity contribution in [3.8, 4) is 17.2 Å². The van der Waals surface area contributed by atoms with Crippen LogP contribution in [0.15, 0.2) is 89.2 Å². The number of hydrazone groups is 1. The van der Waals surface area contributed by atoms with Gasteiger partial charge in [0.2, 0.25) is 0 Å². The Labute approximate surface area is 287 Å². The maximum absolute atomic E-state index is 12.5. The summed E-state index contributed by atoms with van der Waals surface area (Å²) in [6.07, 6.45) is 0.229. The van der Waals surface area contributed by atoms with Gasteiger partial charge in [0.1, 0.15) is 19.0 Å². The first-order valence-corrected chi connectivity index (χ1v) is 15.7. The molecule has 1 aliphatic heterocycles. The van der Waals surface area contributed by atoms with Crippen molar-refractivity contribution in [2.75, 3.05) is 20.3 Å². The molecule has 48 heavy (non-hydrogen) atoms. The van der Waals surface area contributed by atoms with E-state index in [0.29, 0.717) is 50.7 Å². The average Bonchev–Trinajstić information content (AvgIpc) is 3.06. The van der Waals surface area contributed by atoms with Crippen LogP contribution in [0.1, 0.15) is 36.6 Å². The Morgan fingerprint density at radius 3 is 2.62 bits per heavy atom. The van der Waals surface area contributed by atoms with Gasteiger partial charge in [-0.25, -0.2) is 9.59 Å². The molecule has 4 aromatic carbocycles. The van der Waals surface area contributed by atoms with Gasteiger partial charge in [-0.2, -0.15) is 5.10 Å². The summed E-state index contributed by atoms with van der Waals surface area (Å²) < 4.78 is 22.7. The lowest BCUT2D eigenvalue weighted by atomic mass is 9.95. The van der Waals surface area contributed by atoms with Gasteiger partial charge >= 0.3 is 12.0 Å². The number of aliphatic hydroxyl groups excluding tert-OH is 1. The monoisotopic (exact) mass is 692 g/mol. The molecule has 250 valence electrons. The molecule has 2 atom stereocenters. The molecular weight excluding hydrogens is 659 g/mol. The van der Waals surface area contributed by atoms with Crippen molar-refractivity contribution in [3.63, 3.8) is 0 Å². The fourth-order valence-electron chi connectivity index (χ4n) is 5.21. The highest BCUT2D eigenvalue weighted by Crippen LogP contribution is 2.35. The molecule has 0 fully saturated rings. The molecule has 11 nitrogen and oxygen atoms in total. The number of esters is 1. The second kappa shape index (κ2) is 15.7. The number of rotatable bonds is 13. The van der Waals surface area contributed by atoms with Crippen LogP contribution in [0.25, 0.3) is 10.8 Å². The molecule has 0 aromatic heterocycles. The number of methoxy groups -OCH3 is 1. The Bertz CT molecular complexity index is 1880. The summed E-state index contributed by atoms with van der Waals surface area (Å²) in [7, 11) is 1.27. The number of carbonyl (C=O) groups excluding carboxylic acids is 2. The molecule has 0 bridgehead atoms. The zero-order valence-electron chi connectivity index (χ0n) is 26.4. The van der Waals surface area contributed by atoms with E-state index in [0.717, 1.165) is 16.3 Å². The first-order valence-electron chi connectivity index (χ1n) is 15.0. The van der Waals surface area contributed by atoms with Crippen LogP contribution >= 0.6 is 23.2 Å². The Morgan fingerprint density at radius 2 is 1.83 bits per heavy atom. The van der Waals surface area contributed by atoms with E-state index in [2.05, 4.69) is 21.2 Å². The van der Waals surface area contributed by atoms with E-state index in [1.165, 1.54) is 13.3 Å². The minimum atomic E-state index is -1.22. The topological polar surface area (TPSA) is 140 Å². The van der Waals surface area contributed by atoms with Gasteiger partial charge in [0.15, 0.2) is 17.7 Å². The number of amides is 2. The van der Waals surface area contributed by atoms with Gasteiger partial charge in [0.25, 0.3) is 0 Å². The van der Waals surface area contributed by atoms with Crippen molar-refractivity contribution in [1.29, 1.82) is 0 Å². The summed E-state index contributed by atoms with van der Waals surface area (Å²) >= 11 is 12.8. The number of allylic oxidation sites excluding steroid dienone is 1. The van der Waals surface area contributed by atoms with E-state index in [1.54, 1.807) is 44.2 Å². The number of hydrogen-bond donors (Lipinski definition) is 4. The number of ether oxygens (including phenoxy) is 4. The normalized spacial score (nSPS) is 15.1. The van der Waals surface area contributed by atoms with E-state index < -0.39 is 24.3 Å². The Kier molecular flexibility index (Phi) is 11.3. The number of aliphatic hydroxyl groups is 1. The lowest BCUT2D eigenvalue weighted by molar-refractivity contribution is -0.136. The summed E-state index contributed by atoms with van der Waals surface area (Å²) in [5.41, 5.74) is 5.32. The zero-order valence-corrected chi connectivity index (χ0v) is 27.9. The number of urea groups is 1. The maximum Gasteiger partial charge on any atom is 0.337 e. The van der Waals surface area contributed by atoms with Crippen molar-refractivity contribution in [1.82, 2.24) is 16.1 Å². The SMILES string of the molecule is CCOc1cc([C@H]2NC(=O)NC(C)=C2C(=O)OC)ccc1OC[C@H](O)N/N=C/c1cc(Cl)cc(Cl)c1OCc1cccc2ccccc12. The molecule has 0 aliphatic carbocycles. The van der Waals surface area contributed by atoms with Crippen molar-refractivity contribution >= 4 is 52.2 Å². The molecule has 1 aliphatic rings. The number of nitrogens with one attached hydrogen (secondary N) is 3. The third-order valence-corrected chi connectivity index (χ3v) is 7.89. The summed E-state index contributed by atoms with van der Waals surface area (Å²) in [4.78, 5) is 24.7. The van der Waals surface area contributed by atoms with Gasteiger partial charge in [-0.3, -0.25) is 5.43 Å². The van der Waals surface area contributed by atoms with E-state index in [-0.39, 0.29) is 18.8 Å². The lowest BCUT2D eigenvalue weighted by Gasteiger charge is -2.28. The summed E-state index contributed by atoms with van der Waals surface area (Å²) in [5.74, 6) is 0.484. The van der Waals surface area contributed by atoms with Crippen molar-refractivity contribution in [3.05, 3.63) is 111 Å². The molecule has 0 saturated heterocycles. The molecule has 2 amide bonds. The maximum atomic E-state index is 12.5. The van der Waals surface area contributed by atoms with Crippen LogP contribution in [0.3, 0.4) is 0 Å². The summed E-state index contributed by atoms with van der Waals surface area (Å²) in [6.45, 7) is 3.80.